The molecule has 0 heterocycles. The molecule has 0 spiro atoms. The van der Waals surface area contributed by atoms with E-state index >= 15 is 0 Å². The lowest BCUT2D eigenvalue weighted by atomic mass is 9.93. The lowest BCUT2D eigenvalue weighted by Gasteiger charge is -2.26. The molecule has 0 radical (unpaired) electrons. The van der Waals surface area contributed by atoms with E-state index in [0.29, 0.717) is 5.75 Å². The highest BCUT2D eigenvalue weighted by Crippen LogP contribution is 2.18. The topological polar surface area (TPSA) is 32.3 Å². The average molecular weight is 177 g/mol. The summed E-state index contributed by atoms with van der Waals surface area (Å²) >= 11 is 0. The summed E-state index contributed by atoms with van der Waals surface area (Å²) in [7, 11) is 0. The zero-order valence-electron chi connectivity index (χ0n) is 7.66. The summed E-state index contributed by atoms with van der Waals surface area (Å²) in [6, 6.07) is 8.12. The minimum atomic E-state index is 0.340. The third-order valence-corrected chi connectivity index (χ3v) is 2.64. The van der Waals surface area contributed by atoms with Crippen molar-refractivity contribution in [3.8, 4) is 5.75 Å². The first kappa shape index (κ1) is 8.57. The lowest BCUT2D eigenvalue weighted by Crippen LogP contribution is -2.34. The maximum absolute atomic E-state index is 9.07. The van der Waals surface area contributed by atoms with Crippen LogP contribution in [0.5, 0.6) is 5.75 Å². The van der Waals surface area contributed by atoms with Gasteiger partial charge in [0.25, 0.3) is 0 Å². The van der Waals surface area contributed by atoms with Gasteiger partial charge in [0.1, 0.15) is 5.75 Å². The van der Waals surface area contributed by atoms with Crippen molar-refractivity contribution in [2.45, 2.75) is 31.8 Å². The van der Waals surface area contributed by atoms with Gasteiger partial charge in [0.15, 0.2) is 0 Å². The van der Waals surface area contributed by atoms with Crippen LogP contribution in [0.2, 0.25) is 0 Å². The van der Waals surface area contributed by atoms with E-state index in [1.54, 1.807) is 12.1 Å². The van der Waals surface area contributed by atoms with Crippen LogP contribution in [0.3, 0.4) is 0 Å². The van der Waals surface area contributed by atoms with Gasteiger partial charge in [0, 0.05) is 12.6 Å². The molecule has 0 saturated heterocycles. The molecular weight excluding hydrogens is 162 g/mol. The third-order valence-electron chi connectivity index (χ3n) is 2.64. The van der Waals surface area contributed by atoms with Gasteiger partial charge in [-0.15, -0.1) is 0 Å². The largest absolute Gasteiger partial charge is 0.508 e. The van der Waals surface area contributed by atoms with Gasteiger partial charge in [-0.1, -0.05) is 18.6 Å². The minimum Gasteiger partial charge on any atom is -0.508 e. The zero-order valence-corrected chi connectivity index (χ0v) is 7.66. The van der Waals surface area contributed by atoms with E-state index in [1.165, 1.54) is 24.8 Å². The molecular formula is C11H15NO. The number of phenols is 1. The molecule has 0 aromatic heterocycles. The predicted octanol–water partition coefficient (Wildman–Crippen LogP) is 2.03. The summed E-state index contributed by atoms with van der Waals surface area (Å²) in [6.07, 6.45) is 4.00. The normalized spacial score (nSPS) is 16.9. The highest BCUT2D eigenvalue weighted by Gasteiger charge is 2.15. The maximum Gasteiger partial charge on any atom is 0.115 e. The van der Waals surface area contributed by atoms with Crippen molar-refractivity contribution in [1.29, 1.82) is 0 Å². The van der Waals surface area contributed by atoms with Crippen LogP contribution < -0.4 is 5.32 Å². The Morgan fingerprint density at radius 1 is 1.23 bits per heavy atom. The van der Waals surface area contributed by atoms with Crippen molar-refractivity contribution < 1.29 is 5.11 Å². The fraction of sp³-hybridized carbons (Fsp3) is 0.455. The molecule has 0 amide bonds. The zero-order chi connectivity index (χ0) is 9.10. The molecule has 0 bridgehead atoms. The van der Waals surface area contributed by atoms with Crippen molar-refractivity contribution in [2.75, 3.05) is 0 Å². The number of hydrogen-bond donors (Lipinski definition) is 2. The Hall–Kier alpha value is -1.02. The number of rotatable bonds is 3. The number of nitrogens with one attached hydrogen (secondary N) is 1. The third kappa shape index (κ3) is 2.22. The van der Waals surface area contributed by atoms with Crippen molar-refractivity contribution in [3.63, 3.8) is 0 Å². The number of benzene rings is 1. The van der Waals surface area contributed by atoms with Crippen LogP contribution in [0.25, 0.3) is 0 Å². The summed E-state index contributed by atoms with van der Waals surface area (Å²) in [4.78, 5) is 0. The Kier molecular flexibility index (Phi) is 2.50. The molecule has 1 aromatic rings. The van der Waals surface area contributed by atoms with Crippen LogP contribution >= 0.6 is 0 Å². The van der Waals surface area contributed by atoms with Gasteiger partial charge in [0.2, 0.25) is 0 Å². The van der Waals surface area contributed by atoms with Crippen LogP contribution in [0.1, 0.15) is 24.8 Å². The molecule has 1 saturated carbocycles. The molecule has 2 nitrogen and oxygen atoms in total. The van der Waals surface area contributed by atoms with Crippen molar-refractivity contribution >= 4 is 0 Å². The molecule has 2 rings (SSSR count). The van der Waals surface area contributed by atoms with Crippen molar-refractivity contribution in [3.05, 3.63) is 29.8 Å². The number of aromatic hydroxyl groups is 1. The van der Waals surface area contributed by atoms with Gasteiger partial charge < -0.3 is 10.4 Å². The van der Waals surface area contributed by atoms with Crippen LogP contribution in [0, 0.1) is 0 Å². The van der Waals surface area contributed by atoms with E-state index in [1.807, 2.05) is 12.1 Å². The van der Waals surface area contributed by atoms with Gasteiger partial charge in [0.05, 0.1) is 0 Å². The Balaban J connectivity index is 1.83. The standard InChI is InChI=1S/C11H15NO/c13-11-6-4-9(5-7-11)8-12-10-2-1-3-10/h4-7,10,12-13H,1-3,8H2. The van der Waals surface area contributed by atoms with Crippen LogP contribution in [-0.2, 0) is 6.54 Å². The average Bonchev–Trinajstić information content (AvgIpc) is 2.05. The fourth-order valence-corrected chi connectivity index (χ4v) is 1.49. The molecule has 1 aromatic carbocycles. The number of hydrogen-bond acceptors (Lipinski definition) is 2. The van der Waals surface area contributed by atoms with Gasteiger partial charge >= 0.3 is 0 Å². The Morgan fingerprint density at radius 3 is 2.46 bits per heavy atom. The van der Waals surface area contributed by atoms with E-state index < -0.39 is 0 Å². The molecule has 2 heteroatoms. The summed E-state index contributed by atoms with van der Waals surface area (Å²) in [6.45, 7) is 0.922. The first-order valence-electron chi connectivity index (χ1n) is 4.86. The van der Waals surface area contributed by atoms with Crippen LogP contribution in [-0.4, -0.2) is 11.1 Å². The molecule has 70 valence electrons. The highest BCUT2D eigenvalue weighted by atomic mass is 16.3. The monoisotopic (exact) mass is 177 g/mol. The smallest absolute Gasteiger partial charge is 0.115 e. The summed E-state index contributed by atoms with van der Waals surface area (Å²) in [5.41, 5.74) is 1.24. The van der Waals surface area contributed by atoms with Gasteiger partial charge in [-0.3, -0.25) is 0 Å². The second-order valence-corrected chi connectivity index (χ2v) is 3.68. The summed E-state index contributed by atoms with van der Waals surface area (Å²) in [5, 5.41) is 12.5. The molecule has 2 N–H and O–H groups in total. The Labute approximate surface area is 78.6 Å². The highest BCUT2D eigenvalue weighted by molar-refractivity contribution is 5.25. The van der Waals surface area contributed by atoms with E-state index in [0.717, 1.165) is 12.6 Å². The quantitative estimate of drug-likeness (QED) is 0.740. The summed E-state index contributed by atoms with van der Waals surface area (Å²) in [5.74, 6) is 0.340. The minimum absolute atomic E-state index is 0.340. The van der Waals surface area contributed by atoms with E-state index in [4.69, 9.17) is 5.11 Å². The Bertz CT molecular complexity index is 264. The van der Waals surface area contributed by atoms with E-state index in [9.17, 15) is 0 Å². The maximum atomic E-state index is 9.07. The molecule has 0 unspecified atom stereocenters. The van der Waals surface area contributed by atoms with E-state index in [-0.39, 0.29) is 0 Å². The van der Waals surface area contributed by atoms with Gasteiger partial charge in [-0.2, -0.15) is 0 Å². The molecule has 1 aliphatic rings. The SMILES string of the molecule is Oc1ccc(CNC2CCC2)cc1. The van der Waals surface area contributed by atoms with Gasteiger partial charge in [-0.05, 0) is 30.5 Å². The molecule has 0 aliphatic heterocycles. The molecule has 0 atom stereocenters. The number of phenolic OH excluding ortho intramolecular Hbond substituents is 1. The second kappa shape index (κ2) is 3.79. The lowest BCUT2D eigenvalue weighted by molar-refractivity contribution is 0.338. The van der Waals surface area contributed by atoms with Crippen LogP contribution in [0.15, 0.2) is 24.3 Å². The molecule has 13 heavy (non-hydrogen) atoms. The molecule has 1 fully saturated rings. The van der Waals surface area contributed by atoms with Crippen LogP contribution in [0.4, 0.5) is 0 Å². The van der Waals surface area contributed by atoms with Crippen molar-refractivity contribution in [1.82, 2.24) is 5.32 Å². The second-order valence-electron chi connectivity index (χ2n) is 3.68. The first-order valence-corrected chi connectivity index (χ1v) is 4.86. The van der Waals surface area contributed by atoms with Crippen molar-refractivity contribution in [2.24, 2.45) is 0 Å². The summed E-state index contributed by atoms with van der Waals surface area (Å²) < 4.78 is 0. The van der Waals surface area contributed by atoms with E-state index in [2.05, 4.69) is 5.32 Å². The van der Waals surface area contributed by atoms with Gasteiger partial charge in [-0.25, -0.2) is 0 Å². The predicted molar refractivity (Wildman–Crippen MR) is 52.6 cm³/mol. The fourth-order valence-electron chi connectivity index (χ4n) is 1.49. The molecule has 1 aliphatic carbocycles. The Morgan fingerprint density at radius 2 is 1.92 bits per heavy atom. The first-order chi connectivity index (χ1) is 6.34.